The molecule has 0 radical (unpaired) electrons. The van der Waals surface area contributed by atoms with Crippen molar-refractivity contribution >= 4 is 69.6 Å². The van der Waals surface area contributed by atoms with Gasteiger partial charge in [-0.1, -0.05) is 119 Å². The van der Waals surface area contributed by atoms with Crippen molar-refractivity contribution in [3.63, 3.8) is 0 Å². The van der Waals surface area contributed by atoms with Gasteiger partial charge in [-0.15, -0.1) is 0 Å². The summed E-state index contributed by atoms with van der Waals surface area (Å²) in [5, 5.41) is 26.5. The molecule has 3 saturated carbocycles. The molecular formula is C81H95Cl3N8O8. The van der Waals surface area contributed by atoms with Gasteiger partial charge in [-0.3, -0.25) is 24.5 Å². The Labute approximate surface area is 605 Å². The highest BCUT2D eigenvalue weighted by molar-refractivity contribution is 6.31. The van der Waals surface area contributed by atoms with Gasteiger partial charge in [0.1, 0.15) is 23.0 Å². The molecule has 3 aliphatic rings. The Balaban J connectivity index is 0.000000177. The number of methoxy groups -OCH3 is 1. The van der Waals surface area contributed by atoms with E-state index in [0.29, 0.717) is 27.8 Å². The molecule has 100 heavy (non-hydrogen) atoms. The predicted molar refractivity (Wildman–Crippen MR) is 404 cm³/mol. The number of amides is 3. The van der Waals surface area contributed by atoms with E-state index in [2.05, 4.69) is 134 Å². The third-order valence-electron chi connectivity index (χ3n) is 20.2. The maximum absolute atomic E-state index is 13.4. The molecule has 19 heteroatoms. The first-order valence-corrected chi connectivity index (χ1v) is 35.5. The lowest BCUT2D eigenvalue weighted by Gasteiger charge is -2.45. The van der Waals surface area contributed by atoms with Gasteiger partial charge in [0.2, 0.25) is 0 Å². The van der Waals surface area contributed by atoms with Crippen LogP contribution in [0.2, 0.25) is 15.1 Å². The van der Waals surface area contributed by atoms with Crippen LogP contribution in [0.5, 0.6) is 23.0 Å². The van der Waals surface area contributed by atoms with Crippen LogP contribution in [-0.2, 0) is 24.1 Å². The number of rotatable bonds is 23. The molecule has 528 valence electrons. The number of likely N-dealkylation sites (N-methyl/N-ethyl adjacent to an activating group) is 3. The van der Waals surface area contributed by atoms with Crippen LogP contribution in [0.25, 0.3) is 0 Å². The number of hydrogen-bond donors (Lipinski definition) is 4. The monoisotopic (exact) mass is 1410 g/mol. The number of ether oxygens (including phenoxy) is 3. The molecule has 3 amide bonds. The largest absolute Gasteiger partial charge is 0.497 e. The Hall–Kier alpha value is -8.48. The summed E-state index contributed by atoms with van der Waals surface area (Å²) in [4.78, 5) is 56.7. The van der Waals surface area contributed by atoms with E-state index < -0.39 is 10.8 Å². The Morgan fingerprint density at radius 2 is 0.960 bits per heavy atom. The van der Waals surface area contributed by atoms with Crippen LogP contribution < -0.4 is 35.5 Å². The number of carbonyl (C=O) groups is 3. The van der Waals surface area contributed by atoms with E-state index in [1.165, 1.54) is 40.5 Å². The van der Waals surface area contributed by atoms with Crippen molar-refractivity contribution in [1.82, 2.24) is 30.7 Å². The first-order valence-electron chi connectivity index (χ1n) is 34.4. The number of nitrogens with zero attached hydrogens (tertiary/aromatic N) is 4. The lowest BCUT2D eigenvalue weighted by Crippen LogP contribution is -2.52. The van der Waals surface area contributed by atoms with Crippen LogP contribution in [0, 0.1) is 17.0 Å². The molecule has 0 unspecified atom stereocenters. The number of para-hydroxylation sites is 2. The summed E-state index contributed by atoms with van der Waals surface area (Å²) >= 11 is 18.2. The SMILES string of the molecule is CN(C)C1(Cc2cccc(Cl)c2)CCC(NC(=O)c2ccccc2Nc2ccccc2)CC1.COc1ccc(Oc2ccc([N+](=O)[O-])cc2C(=O)NC2CCC(Cc3ccc(Cl)cc3)(N(C)C)CC2)cc1.Cc1cccc(CC2(N(C)C)CCC(NC(=O)COc3ccc(Cl)cc3)CC2)c1. The number of carbonyl (C=O) groups excluding carboxylic acids is 3. The highest BCUT2D eigenvalue weighted by Gasteiger charge is 2.41. The quantitative estimate of drug-likeness (QED) is 0.0352. The van der Waals surface area contributed by atoms with E-state index >= 15 is 0 Å². The van der Waals surface area contributed by atoms with Crippen molar-refractivity contribution in [2.75, 3.05) is 61.3 Å². The normalized spacial score (nSPS) is 20.3. The molecule has 0 aromatic heterocycles. The number of non-ortho nitro benzene ring substituents is 1. The lowest BCUT2D eigenvalue weighted by molar-refractivity contribution is -0.384. The third kappa shape index (κ3) is 21.3. The number of aryl methyl sites for hydroxylation is 1. The number of halogens is 3. The molecule has 3 fully saturated rings. The predicted octanol–water partition coefficient (Wildman–Crippen LogP) is 17.2. The molecule has 0 bridgehead atoms. The zero-order valence-corrected chi connectivity index (χ0v) is 61.0. The fourth-order valence-corrected chi connectivity index (χ4v) is 14.5. The van der Waals surface area contributed by atoms with Crippen molar-refractivity contribution in [1.29, 1.82) is 0 Å². The van der Waals surface area contributed by atoms with E-state index in [4.69, 9.17) is 49.0 Å². The maximum Gasteiger partial charge on any atom is 0.270 e. The Morgan fingerprint density at radius 1 is 0.490 bits per heavy atom. The lowest BCUT2D eigenvalue weighted by atomic mass is 9.74. The number of nitro groups is 1. The van der Waals surface area contributed by atoms with Gasteiger partial charge < -0.3 is 50.2 Å². The Bertz CT molecular complexity index is 3970. The zero-order chi connectivity index (χ0) is 71.4. The van der Waals surface area contributed by atoms with Crippen molar-refractivity contribution in [3.05, 3.63) is 253 Å². The summed E-state index contributed by atoms with van der Waals surface area (Å²) in [6.07, 6.45) is 14.4. The van der Waals surface area contributed by atoms with E-state index in [1.807, 2.05) is 78.9 Å². The van der Waals surface area contributed by atoms with E-state index in [0.717, 1.165) is 118 Å². The van der Waals surface area contributed by atoms with Crippen LogP contribution in [0.3, 0.4) is 0 Å². The molecule has 16 nitrogen and oxygen atoms in total. The average molecular weight is 1420 g/mol. The van der Waals surface area contributed by atoms with Crippen molar-refractivity contribution in [2.24, 2.45) is 0 Å². The number of benzene rings is 8. The molecular weight excluding hydrogens is 1320 g/mol. The van der Waals surface area contributed by atoms with Crippen LogP contribution in [0.4, 0.5) is 17.1 Å². The van der Waals surface area contributed by atoms with E-state index in [1.54, 1.807) is 55.6 Å². The highest BCUT2D eigenvalue weighted by atomic mass is 35.5. The molecule has 0 saturated heterocycles. The maximum atomic E-state index is 13.4. The second-order valence-electron chi connectivity index (χ2n) is 27.5. The van der Waals surface area contributed by atoms with E-state index in [-0.39, 0.29) is 70.2 Å². The van der Waals surface area contributed by atoms with Gasteiger partial charge in [0.15, 0.2) is 6.61 Å². The summed E-state index contributed by atoms with van der Waals surface area (Å²) in [6, 6.07) is 60.9. The van der Waals surface area contributed by atoms with Gasteiger partial charge in [-0.05, 0) is 265 Å². The molecule has 0 aliphatic heterocycles. The molecule has 0 atom stereocenters. The number of nitrogens with one attached hydrogen (secondary N) is 4. The summed E-state index contributed by atoms with van der Waals surface area (Å²) in [5.74, 6) is 1.58. The second-order valence-corrected chi connectivity index (χ2v) is 28.8. The molecule has 4 N–H and O–H groups in total. The number of nitro benzene ring substituents is 1. The van der Waals surface area contributed by atoms with Gasteiger partial charge in [0, 0.05) is 67.6 Å². The van der Waals surface area contributed by atoms with Crippen LogP contribution in [-0.4, -0.2) is 128 Å². The van der Waals surface area contributed by atoms with Gasteiger partial charge in [-0.25, -0.2) is 0 Å². The van der Waals surface area contributed by atoms with Crippen molar-refractivity contribution in [3.8, 4) is 23.0 Å². The third-order valence-corrected chi connectivity index (χ3v) is 21.0. The van der Waals surface area contributed by atoms with Crippen LogP contribution >= 0.6 is 34.8 Å². The Morgan fingerprint density at radius 3 is 1.48 bits per heavy atom. The fraction of sp³-hybridized carbons (Fsp3) is 0.370. The topological polar surface area (TPSA) is 180 Å². The minimum atomic E-state index is -0.517. The fourth-order valence-electron chi connectivity index (χ4n) is 14.1. The van der Waals surface area contributed by atoms with Gasteiger partial charge in [-0.2, -0.15) is 0 Å². The second kappa shape index (κ2) is 35.7. The molecule has 3 aliphatic carbocycles. The Kier molecular flexibility index (Phi) is 27.0. The van der Waals surface area contributed by atoms with Gasteiger partial charge in [0.25, 0.3) is 23.4 Å². The van der Waals surface area contributed by atoms with Crippen LogP contribution in [0.1, 0.15) is 120 Å². The number of hydrogen-bond acceptors (Lipinski definition) is 12. The summed E-state index contributed by atoms with van der Waals surface area (Å²) in [7, 11) is 14.4. The smallest absolute Gasteiger partial charge is 0.270 e. The van der Waals surface area contributed by atoms with Gasteiger partial charge >= 0.3 is 0 Å². The molecule has 11 rings (SSSR count). The van der Waals surface area contributed by atoms with Crippen LogP contribution in [0.15, 0.2) is 194 Å². The summed E-state index contributed by atoms with van der Waals surface area (Å²) in [6.45, 7) is 2.17. The van der Waals surface area contributed by atoms with Crippen molar-refractivity contribution < 1.29 is 33.5 Å². The molecule has 0 spiro atoms. The molecule has 8 aromatic carbocycles. The zero-order valence-electron chi connectivity index (χ0n) is 58.7. The minimum Gasteiger partial charge on any atom is -0.497 e. The summed E-state index contributed by atoms with van der Waals surface area (Å²) in [5.41, 5.74) is 7.79. The first kappa shape index (κ1) is 75.7. The first-order chi connectivity index (χ1) is 48.0. The van der Waals surface area contributed by atoms with E-state index in [9.17, 15) is 24.5 Å². The molecule has 8 aromatic rings. The molecule has 0 heterocycles. The highest BCUT2D eigenvalue weighted by Crippen LogP contribution is 2.40. The standard InChI is InChI=1S/C29H32ClN3O5.C28H32ClN3O.C24H31ClN2O2/c1-32(2)29(19-20-4-6-21(30)7-5-20)16-14-22(15-17-29)31-28(34)26-18-23(33(35)36)8-13-27(26)38-25-11-9-24(37-3)10-12-25;1-32(2)28(20-21-9-8-10-22(29)19-21)17-15-24(16-18-28)31-27(33)25-13-6-7-14-26(25)30-23-11-4-3-5-12-23;1-18-5-4-6-19(15-18)16-24(27(2)3)13-11-21(12-14-24)26-23(28)17-29-22-9-7-20(25)8-10-22/h4-13,18,22H,14-17,19H2,1-3H3,(H,31,34);3-14,19,24,30H,15-18,20H2,1-2H3,(H,31,33);4-10,15,21H,11-14,16-17H2,1-3H3,(H,26,28). The van der Waals surface area contributed by atoms with Crippen molar-refractivity contribution in [2.45, 2.75) is 138 Å². The number of anilines is 2. The van der Waals surface area contributed by atoms with Gasteiger partial charge in [0.05, 0.1) is 28.8 Å². The minimum absolute atomic E-state index is 0.0220. The summed E-state index contributed by atoms with van der Waals surface area (Å²) < 4.78 is 16.7. The average Bonchev–Trinajstić information content (AvgIpc) is 0.816.